The van der Waals surface area contributed by atoms with Gasteiger partial charge in [-0.3, -0.25) is 0 Å². The van der Waals surface area contributed by atoms with Crippen molar-refractivity contribution >= 4 is 11.4 Å². The zero-order valence-corrected chi connectivity index (χ0v) is 10.5. The molecule has 0 amide bonds. The molecule has 2 rings (SSSR count). The van der Waals surface area contributed by atoms with Crippen LogP contribution in [-0.4, -0.2) is 30.5 Å². The molecule has 0 bridgehead atoms. The lowest BCUT2D eigenvalue weighted by atomic mass is 9.90. The van der Waals surface area contributed by atoms with Crippen molar-refractivity contribution in [3.63, 3.8) is 0 Å². The van der Waals surface area contributed by atoms with Crippen LogP contribution in [0.1, 0.15) is 18.4 Å². The van der Waals surface area contributed by atoms with Gasteiger partial charge in [-0.2, -0.15) is 0 Å². The number of nitrogens with two attached hydrogens (primary N) is 1. The van der Waals surface area contributed by atoms with Crippen molar-refractivity contribution in [1.29, 1.82) is 0 Å². The van der Waals surface area contributed by atoms with Gasteiger partial charge in [0.1, 0.15) is 5.82 Å². The van der Waals surface area contributed by atoms with E-state index in [4.69, 9.17) is 10.5 Å². The number of aliphatic hydroxyl groups excluding tert-OH is 1. The first-order chi connectivity index (χ1) is 8.56. The molecule has 1 aliphatic rings. The third kappa shape index (κ3) is 2.57. The number of nitrogens with one attached hydrogen (secondary N) is 1. The Bertz CT molecular complexity index is 431. The van der Waals surface area contributed by atoms with Gasteiger partial charge in [0.15, 0.2) is 0 Å². The molecule has 1 aliphatic heterocycles. The fourth-order valence-electron chi connectivity index (χ4n) is 2.18. The minimum atomic E-state index is -0.420. The van der Waals surface area contributed by atoms with E-state index in [0.29, 0.717) is 43.0 Å². The Morgan fingerprint density at radius 3 is 2.72 bits per heavy atom. The SMILES string of the molecule is Cc1cc(NC2(CO)CCOCC2)c(N)cc1F. The highest BCUT2D eigenvalue weighted by Gasteiger charge is 2.32. The maximum atomic E-state index is 13.3. The van der Waals surface area contributed by atoms with E-state index < -0.39 is 5.54 Å². The number of benzene rings is 1. The Morgan fingerprint density at radius 1 is 1.44 bits per heavy atom. The number of aliphatic hydroxyl groups is 1. The topological polar surface area (TPSA) is 67.5 Å². The standard InChI is InChI=1S/C13H19FN2O2/c1-9-6-12(11(15)7-10(9)14)16-13(8-17)2-4-18-5-3-13/h6-7,16-17H,2-5,8,15H2,1H3. The summed E-state index contributed by atoms with van der Waals surface area (Å²) >= 11 is 0. The highest BCUT2D eigenvalue weighted by atomic mass is 19.1. The van der Waals surface area contributed by atoms with E-state index in [2.05, 4.69) is 5.32 Å². The Hall–Kier alpha value is -1.33. The number of ether oxygens (including phenoxy) is 1. The van der Waals surface area contributed by atoms with Gasteiger partial charge in [0.25, 0.3) is 0 Å². The molecule has 4 nitrogen and oxygen atoms in total. The number of rotatable bonds is 3. The van der Waals surface area contributed by atoms with Gasteiger partial charge in [0.05, 0.1) is 23.5 Å². The molecule has 1 aromatic rings. The Kier molecular flexibility index (Phi) is 3.73. The first kappa shape index (κ1) is 13.1. The lowest BCUT2D eigenvalue weighted by Gasteiger charge is -2.37. The molecule has 1 aromatic carbocycles. The highest BCUT2D eigenvalue weighted by molar-refractivity contribution is 5.68. The van der Waals surface area contributed by atoms with Gasteiger partial charge >= 0.3 is 0 Å². The molecular weight excluding hydrogens is 235 g/mol. The minimum Gasteiger partial charge on any atom is -0.397 e. The van der Waals surface area contributed by atoms with Crippen LogP contribution >= 0.6 is 0 Å². The average Bonchev–Trinajstić information content (AvgIpc) is 2.37. The van der Waals surface area contributed by atoms with Crippen molar-refractivity contribution in [3.8, 4) is 0 Å². The third-order valence-corrected chi connectivity index (χ3v) is 3.48. The summed E-state index contributed by atoms with van der Waals surface area (Å²) in [5.41, 5.74) is 6.95. The van der Waals surface area contributed by atoms with Gasteiger partial charge < -0.3 is 20.9 Å². The summed E-state index contributed by atoms with van der Waals surface area (Å²) in [6.45, 7) is 2.91. The maximum absolute atomic E-state index is 13.3. The molecule has 0 spiro atoms. The number of nitrogen functional groups attached to an aromatic ring is 1. The van der Waals surface area contributed by atoms with Crippen LogP contribution in [0.25, 0.3) is 0 Å². The summed E-state index contributed by atoms with van der Waals surface area (Å²) < 4.78 is 18.6. The molecule has 0 atom stereocenters. The second kappa shape index (κ2) is 5.12. The van der Waals surface area contributed by atoms with E-state index in [-0.39, 0.29) is 12.4 Å². The van der Waals surface area contributed by atoms with E-state index in [1.165, 1.54) is 6.07 Å². The summed E-state index contributed by atoms with van der Waals surface area (Å²) in [6.07, 6.45) is 1.42. The van der Waals surface area contributed by atoms with Crippen LogP contribution in [0.2, 0.25) is 0 Å². The van der Waals surface area contributed by atoms with Crippen molar-refractivity contribution in [1.82, 2.24) is 0 Å². The van der Waals surface area contributed by atoms with Gasteiger partial charge in [-0.15, -0.1) is 0 Å². The van der Waals surface area contributed by atoms with Crippen molar-refractivity contribution in [2.75, 3.05) is 30.9 Å². The zero-order valence-electron chi connectivity index (χ0n) is 10.5. The van der Waals surface area contributed by atoms with E-state index in [9.17, 15) is 9.50 Å². The molecule has 0 saturated carbocycles. The van der Waals surface area contributed by atoms with Crippen LogP contribution in [0, 0.1) is 12.7 Å². The number of aryl methyl sites for hydroxylation is 1. The molecule has 4 N–H and O–H groups in total. The smallest absolute Gasteiger partial charge is 0.128 e. The van der Waals surface area contributed by atoms with Crippen LogP contribution in [-0.2, 0) is 4.74 Å². The Morgan fingerprint density at radius 2 is 2.11 bits per heavy atom. The number of hydrogen-bond acceptors (Lipinski definition) is 4. The summed E-state index contributed by atoms with van der Waals surface area (Å²) in [5.74, 6) is -0.317. The van der Waals surface area contributed by atoms with Gasteiger partial charge in [0.2, 0.25) is 0 Å². The van der Waals surface area contributed by atoms with Gasteiger partial charge in [-0.25, -0.2) is 4.39 Å². The predicted octanol–water partition coefficient (Wildman–Crippen LogP) is 1.67. The van der Waals surface area contributed by atoms with Crippen molar-refractivity contribution in [2.45, 2.75) is 25.3 Å². The number of halogens is 1. The molecule has 1 heterocycles. The summed E-state index contributed by atoms with van der Waals surface area (Å²) in [4.78, 5) is 0. The van der Waals surface area contributed by atoms with Crippen LogP contribution in [0.5, 0.6) is 0 Å². The fraction of sp³-hybridized carbons (Fsp3) is 0.538. The summed E-state index contributed by atoms with van der Waals surface area (Å²) in [7, 11) is 0. The van der Waals surface area contributed by atoms with Gasteiger partial charge in [-0.05, 0) is 37.5 Å². The molecule has 100 valence electrons. The van der Waals surface area contributed by atoms with Gasteiger partial charge in [0, 0.05) is 13.2 Å². The first-order valence-corrected chi connectivity index (χ1v) is 6.09. The normalized spacial score (nSPS) is 18.6. The second-order valence-electron chi connectivity index (χ2n) is 4.86. The molecule has 0 radical (unpaired) electrons. The number of hydrogen-bond donors (Lipinski definition) is 3. The van der Waals surface area contributed by atoms with Gasteiger partial charge in [-0.1, -0.05) is 0 Å². The molecule has 1 saturated heterocycles. The Balaban J connectivity index is 2.24. The van der Waals surface area contributed by atoms with E-state index >= 15 is 0 Å². The van der Waals surface area contributed by atoms with E-state index in [1.807, 2.05) is 0 Å². The third-order valence-electron chi connectivity index (χ3n) is 3.48. The largest absolute Gasteiger partial charge is 0.397 e. The van der Waals surface area contributed by atoms with Crippen molar-refractivity contribution in [2.24, 2.45) is 0 Å². The molecular formula is C13H19FN2O2. The molecule has 0 aliphatic carbocycles. The molecule has 0 unspecified atom stereocenters. The van der Waals surface area contributed by atoms with Crippen LogP contribution < -0.4 is 11.1 Å². The molecule has 0 aromatic heterocycles. The van der Waals surface area contributed by atoms with Crippen LogP contribution in [0.4, 0.5) is 15.8 Å². The lowest BCUT2D eigenvalue weighted by Crippen LogP contribution is -2.47. The summed E-state index contributed by atoms with van der Waals surface area (Å²) in [6, 6.07) is 2.99. The van der Waals surface area contributed by atoms with Crippen LogP contribution in [0.15, 0.2) is 12.1 Å². The predicted molar refractivity (Wildman–Crippen MR) is 69.0 cm³/mol. The maximum Gasteiger partial charge on any atom is 0.128 e. The van der Waals surface area contributed by atoms with E-state index in [0.717, 1.165) is 0 Å². The highest BCUT2D eigenvalue weighted by Crippen LogP contribution is 2.30. The fourth-order valence-corrected chi connectivity index (χ4v) is 2.18. The van der Waals surface area contributed by atoms with E-state index in [1.54, 1.807) is 13.0 Å². The van der Waals surface area contributed by atoms with Crippen molar-refractivity contribution in [3.05, 3.63) is 23.5 Å². The molecule has 1 fully saturated rings. The zero-order chi connectivity index (χ0) is 13.2. The quantitative estimate of drug-likeness (QED) is 0.718. The number of anilines is 2. The van der Waals surface area contributed by atoms with Crippen molar-refractivity contribution < 1.29 is 14.2 Å². The summed E-state index contributed by atoms with van der Waals surface area (Å²) in [5, 5.41) is 12.8. The average molecular weight is 254 g/mol. The molecule has 18 heavy (non-hydrogen) atoms. The second-order valence-corrected chi connectivity index (χ2v) is 4.86. The first-order valence-electron chi connectivity index (χ1n) is 6.09. The van der Waals surface area contributed by atoms with Crippen LogP contribution in [0.3, 0.4) is 0 Å². The molecule has 5 heteroatoms. The Labute approximate surface area is 106 Å². The monoisotopic (exact) mass is 254 g/mol. The minimum absolute atomic E-state index is 0.00617. The lowest BCUT2D eigenvalue weighted by molar-refractivity contribution is 0.0380.